The summed E-state index contributed by atoms with van der Waals surface area (Å²) in [7, 11) is 0. The van der Waals surface area contributed by atoms with Crippen LogP contribution in [0.25, 0.3) is 0 Å². The minimum Gasteiger partial charge on any atom is -0.278 e. The molecule has 1 fully saturated rings. The fourth-order valence-electron chi connectivity index (χ4n) is 2.30. The molecule has 1 amide bonds. The van der Waals surface area contributed by atoms with E-state index in [0.717, 1.165) is 11.3 Å². The van der Waals surface area contributed by atoms with E-state index in [-0.39, 0.29) is 11.9 Å². The molecule has 0 aromatic heterocycles. The van der Waals surface area contributed by atoms with Crippen molar-refractivity contribution >= 4 is 11.6 Å². The molecule has 0 saturated carbocycles. The van der Waals surface area contributed by atoms with Crippen molar-refractivity contribution in [3.05, 3.63) is 66.2 Å². The van der Waals surface area contributed by atoms with Crippen LogP contribution in [-0.4, -0.2) is 5.91 Å². The van der Waals surface area contributed by atoms with Gasteiger partial charge < -0.3 is 0 Å². The van der Waals surface area contributed by atoms with Crippen molar-refractivity contribution in [3.63, 3.8) is 0 Å². The second kappa shape index (κ2) is 4.53. The highest BCUT2D eigenvalue weighted by Gasteiger charge is 2.31. The zero-order valence-corrected chi connectivity index (χ0v) is 9.91. The number of hydrogen-bond donors (Lipinski definition) is 1. The number of amides is 1. The van der Waals surface area contributed by atoms with Crippen molar-refractivity contribution in [2.45, 2.75) is 12.5 Å². The van der Waals surface area contributed by atoms with E-state index >= 15 is 0 Å². The molecule has 0 unspecified atom stereocenters. The smallest absolute Gasteiger partial charge is 0.241 e. The van der Waals surface area contributed by atoms with E-state index in [9.17, 15) is 4.79 Å². The van der Waals surface area contributed by atoms with Gasteiger partial charge in [0.25, 0.3) is 0 Å². The fraction of sp³-hybridized carbons (Fsp3) is 0.133. The number of hydrogen-bond acceptors (Lipinski definition) is 2. The summed E-state index contributed by atoms with van der Waals surface area (Å²) in [6.45, 7) is 0. The SMILES string of the molecule is O=C1C[C@H](c2ccccc2)N(c2ccccc2)N1. The van der Waals surface area contributed by atoms with Crippen LogP contribution in [0.5, 0.6) is 0 Å². The molecule has 0 radical (unpaired) electrons. The largest absolute Gasteiger partial charge is 0.278 e. The molecule has 0 bridgehead atoms. The summed E-state index contributed by atoms with van der Waals surface area (Å²) in [6, 6.07) is 20.1. The first-order valence-corrected chi connectivity index (χ1v) is 6.03. The minimum atomic E-state index is 0.0627. The monoisotopic (exact) mass is 238 g/mol. The average molecular weight is 238 g/mol. The van der Waals surface area contributed by atoms with Crippen LogP contribution in [0.4, 0.5) is 5.69 Å². The van der Waals surface area contributed by atoms with Crippen LogP contribution in [0.15, 0.2) is 60.7 Å². The third kappa shape index (κ3) is 1.95. The predicted octanol–water partition coefficient (Wildman–Crippen LogP) is 2.67. The lowest BCUT2D eigenvalue weighted by molar-refractivity contribution is -0.119. The van der Waals surface area contributed by atoms with E-state index in [0.29, 0.717) is 6.42 Å². The van der Waals surface area contributed by atoms with Crippen molar-refractivity contribution in [1.29, 1.82) is 0 Å². The quantitative estimate of drug-likeness (QED) is 0.872. The maximum absolute atomic E-state index is 11.7. The third-order valence-corrected chi connectivity index (χ3v) is 3.15. The van der Waals surface area contributed by atoms with E-state index in [1.54, 1.807) is 0 Å². The van der Waals surface area contributed by atoms with Crippen LogP contribution in [-0.2, 0) is 4.79 Å². The maximum atomic E-state index is 11.7. The molecule has 18 heavy (non-hydrogen) atoms. The maximum Gasteiger partial charge on any atom is 0.241 e. The lowest BCUT2D eigenvalue weighted by atomic mass is 10.0. The summed E-state index contributed by atoms with van der Waals surface area (Å²) in [5, 5.41) is 1.94. The van der Waals surface area contributed by atoms with Gasteiger partial charge >= 0.3 is 0 Å². The summed E-state index contributed by atoms with van der Waals surface area (Å²) in [5.41, 5.74) is 5.08. The Morgan fingerprint density at radius 2 is 1.56 bits per heavy atom. The summed E-state index contributed by atoms with van der Waals surface area (Å²) in [6.07, 6.45) is 0.499. The second-order valence-electron chi connectivity index (χ2n) is 4.37. The molecule has 1 atom stereocenters. The van der Waals surface area contributed by atoms with Gasteiger partial charge in [-0.3, -0.25) is 15.2 Å². The molecule has 1 heterocycles. The molecule has 1 aliphatic heterocycles. The van der Waals surface area contributed by atoms with Crippen molar-refractivity contribution in [1.82, 2.24) is 5.43 Å². The highest BCUT2D eigenvalue weighted by atomic mass is 16.2. The van der Waals surface area contributed by atoms with Crippen LogP contribution >= 0.6 is 0 Å². The zero-order valence-electron chi connectivity index (χ0n) is 9.91. The number of anilines is 1. The number of benzene rings is 2. The average Bonchev–Trinajstić information content (AvgIpc) is 2.83. The molecule has 1 N–H and O–H groups in total. The van der Waals surface area contributed by atoms with E-state index in [4.69, 9.17) is 0 Å². The summed E-state index contributed by atoms with van der Waals surface area (Å²) in [5.74, 6) is 0.0627. The first-order valence-electron chi connectivity index (χ1n) is 6.03. The van der Waals surface area contributed by atoms with Crippen molar-refractivity contribution in [3.8, 4) is 0 Å². The van der Waals surface area contributed by atoms with Crippen LogP contribution in [0, 0.1) is 0 Å². The highest BCUT2D eigenvalue weighted by Crippen LogP contribution is 2.31. The number of hydrazine groups is 1. The number of nitrogens with one attached hydrogen (secondary N) is 1. The lowest BCUT2D eigenvalue weighted by Gasteiger charge is -2.25. The Morgan fingerprint density at radius 1 is 0.944 bits per heavy atom. The van der Waals surface area contributed by atoms with Gasteiger partial charge in [0, 0.05) is 0 Å². The highest BCUT2D eigenvalue weighted by molar-refractivity contribution is 5.83. The van der Waals surface area contributed by atoms with Gasteiger partial charge in [0.15, 0.2) is 0 Å². The van der Waals surface area contributed by atoms with Crippen LogP contribution in [0.1, 0.15) is 18.0 Å². The fourth-order valence-corrected chi connectivity index (χ4v) is 2.30. The molecule has 2 aromatic rings. The van der Waals surface area contributed by atoms with Gasteiger partial charge in [0.2, 0.25) is 5.91 Å². The molecule has 1 saturated heterocycles. The minimum absolute atomic E-state index is 0.0627. The van der Waals surface area contributed by atoms with E-state index in [1.807, 2.05) is 53.5 Å². The Bertz CT molecular complexity index is 489. The van der Waals surface area contributed by atoms with Crippen molar-refractivity contribution in [2.24, 2.45) is 0 Å². The first-order chi connectivity index (χ1) is 8.84. The summed E-state index contributed by atoms with van der Waals surface area (Å²) < 4.78 is 0. The van der Waals surface area contributed by atoms with Gasteiger partial charge in [-0.1, -0.05) is 48.5 Å². The third-order valence-electron chi connectivity index (χ3n) is 3.15. The first kappa shape index (κ1) is 10.8. The number of carbonyl (C=O) groups excluding carboxylic acids is 1. The second-order valence-corrected chi connectivity index (χ2v) is 4.37. The summed E-state index contributed by atoms with van der Waals surface area (Å²) >= 11 is 0. The molecule has 3 heteroatoms. The molecular formula is C15H14N2O. The van der Waals surface area contributed by atoms with E-state index < -0.39 is 0 Å². The van der Waals surface area contributed by atoms with Crippen LogP contribution in [0.2, 0.25) is 0 Å². The Kier molecular flexibility index (Phi) is 2.73. The Labute approximate surface area is 106 Å². The number of para-hydroxylation sites is 1. The molecule has 2 aromatic carbocycles. The Hall–Kier alpha value is -2.29. The van der Waals surface area contributed by atoms with Crippen LogP contribution < -0.4 is 10.4 Å². The lowest BCUT2D eigenvalue weighted by Crippen LogP contribution is -2.34. The zero-order chi connectivity index (χ0) is 12.4. The van der Waals surface area contributed by atoms with Gasteiger partial charge in [0.05, 0.1) is 18.2 Å². The van der Waals surface area contributed by atoms with E-state index in [1.165, 1.54) is 0 Å². The number of carbonyl (C=O) groups is 1. The molecular weight excluding hydrogens is 224 g/mol. The molecule has 90 valence electrons. The summed E-state index contributed by atoms with van der Waals surface area (Å²) in [4.78, 5) is 11.7. The van der Waals surface area contributed by atoms with Gasteiger partial charge in [-0.05, 0) is 17.7 Å². The normalized spacial score (nSPS) is 18.8. The number of rotatable bonds is 2. The Morgan fingerprint density at radius 3 is 2.22 bits per heavy atom. The van der Waals surface area contributed by atoms with Crippen molar-refractivity contribution < 1.29 is 4.79 Å². The molecule has 3 nitrogen and oxygen atoms in total. The van der Waals surface area contributed by atoms with Gasteiger partial charge in [-0.15, -0.1) is 0 Å². The topological polar surface area (TPSA) is 32.3 Å². The molecule has 0 aliphatic carbocycles. The number of nitrogens with zero attached hydrogens (tertiary/aromatic N) is 1. The van der Waals surface area contributed by atoms with Crippen molar-refractivity contribution in [2.75, 3.05) is 5.01 Å². The van der Waals surface area contributed by atoms with Gasteiger partial charge in [-0.25, -0.2) is 0 Å². The van der Waals surface area contributed by atoms with Gasteiger partial charge in [0.1, 0.15) is 0 Å². The van der Waals surface area contributed by atoms with Gasteiger partial charge in [-0.2, -0.15) is 0 Å². The Balaban J connectivity index is 1.96. The standard InChI is InChI=1S/C15H14N2O/c18-15-11-14(12-7-3-1-4-8-12)17(16-15)13-9-5-2-6-10-13/h1-10,14H,11H2,(H,16,18)/t14-/m1/s1. The molecule has 3 rings (SSSR count). The van der Waals surface area contributed by atoms with E-state index in [2.05, 4.69) is 17.6 Å². The molecule has 1 aliphatic rings. The molecule has 0 spiro atoms. The predicted molar refractivity (Wildman–Crippen MR) is 70.9 cm³/mol. The van der Waals surface area contributed by atoms with Crippen LogP contribution in [0.3, 0.4) is 0 Å².